The minimum Gasteiger partial charge on any atom is -0.799 e. The second kappa shape index (κ2) is 5.49. The van der Waals surface area contributed by atoms with Crippen LogP contribution in [0.15, 0.2) is 0 Å². The topological polar surface area (TPSA) is 103 Å². The number of aliphatic carboxylic acids is 1. The molecule has 7 heteroatoms. The van der Waals surface area contributed by atoms with E-state index < -0.39 is 18.9 Å². The van der Waals surface area contributed by atoms with Gasteiger partial charge in [0.05, 0.1) is 0 Å². The first-order valence-electron chi connectivity index (χ1n) is 3.45. The Balaban J connectivity index is 0. The minimum absolute atomic E-state index is 0. The van der Waals surface area contributed by atoms with Crippen LogP contribution in [0.1, 0.15) is 13.3 Å². The summed E-state index contributed by atoms with van der Waals surface area (Å²) in [6.07, 6.45) is -0.230. The average Bonchev–Trinajstić information content (AvgIpc) is 1.82. The molecule has 2 atom stereocenters. The number of carboxylic acid groups (broad SMARTS) is 1. The largest absolute Gasteiger partial charge is 1.00 e. The van der Waals surface area contributed by atoms with Crippen molar-refractivity contribution < 1.29 is 48.9 Å². The molecule has 0 saturated heterocycles. The van der Waals surface area contributed by atoms with Crippen molar-refractivity contribution in [2.75, 3.05) is 12.8 Å². The second-order valence-electron chi connectivity index (χ2n) is 3.21. The van der Waals surface area contributed by atoms with E-state index in [1.165, 1.54) is 6.92 Å². The average molecular weight is 217 g/mol. The normalized spacial score (nSPS) is 19.4. The summed E-state index contributed by atoms with van der Waals surface area (Å²) in [6.45, 7) is 2.37. The summed E-state index contributed by atoms with van der Waals surface area (Å²) in [7, 11) is -3.40. The second-order valence-corrected chi connectivity index (χ2v) is 5.69. The Morgan fingerprint density at radius 1 is 1.69 bits per heavy atom. The van der Waals surface area contributed by atoms with Crippen molar-refractivity contribution in [1.82, 2.24) is 0 Å². The fourth-order valence-electron chi connectivity index (χ4n) is 0.542. The number of hydrogen-bond donors (Lipinski definition) is 2. The molecule has 0 aliphatic carbocycles. The van der Waals surface area contributed by atoms with Crippen LogP contribution >= 0.6 is 7.37 Å². The summed E-state index contributed by atoms with van der Waals surface area (Å²) < 4.78 is 10.7. The Kier molecular flexibility index (Phi) is 6.78. The zero-order valence-electron chi connectivity index (χ0n) is 8.11. The van der Waals surface area contributed by atoms with Gasteiger partial charge in [-0.3, -0.25) is 4.79 Å². The standard InChI is InChI=1S/C6H14NO4P.Na/c1-6(7,5(8)9)3-4-12(2,10)11;/h3-4,7H2,1-2H3,(H,8,9)(H,10,11);/q;+1/p-1. The zero-order chi connectivity index (χ0) is 9.99. The molecule has 0 aliphatic heterocycles. The molecule has 0 saturated carbocycles. The van der Waals surface area contributed by atoms with Crippen LogP contribution in [0.4, 0.5) is 0 Å². The van der Waals surface area contributed by atoms with Crippen LogP contribution in [0.2, 0.25) is 0 Å². The summed E-state index contributed by atoms with van der Waals surface area (Å²) >= 11 is 0. The molecule has 0 aromatic carbocycles. The summed E-state index contributed by atoms with van der Waals surface area (Å²) in [5, 5.41) is 8.52. The van der Waals surface area contributed by atoms with Gasteiger partial charge in [0.1, 0.15) is 5.54 Å². The molecule has 0 heterocycles. The van der Waals surface area contributed by atoms with Gasteiger partial charge in [0.2, 0.25) is 0 Å². The van der Waals surface area contributed by atoms with Crippen LogP contribution in [0.3, 0.4) is 0 Å². The maximum absolute atomic E-state index is 10.7. The number of carbonyl (C=O) groups is 1. The molecule has 0 aliphatic rings. The van der Waals surface area contributed by atoms with E-state index in [0.717, 1.165) is 6.66 Å². The molecule has 0 radical (unpaired) electrons. The quantitative estimate of drug-likeness (QED) is 0.375. The smallest absolute Gasteiger partial charge is 0.799 e. The van der Waals surface area contributed by atoms with Crippen molar-refractivity contribution in [3.05, 3.63) is 0 Å². The summed E-state index contributed by atoms with van der Waals surface area (Å²) in [4.78, 5) is 21.1. The van der Waals surface area contributed by atoms with Crippen LogP contribution in [-0.4, -0.2) is 29.4 Å². The Morgan fingerprint density at radius 3 is 2.31 bits per heavy atom. The first kappa shape index (κ1) is 16.1. The van der Waals surface area contributed by atoms with Gasteiger partial charge in [-0.2, -0.15) is 0 Å². The molecule has 0 rings (SSSR count). The molecular formula is C6H13NNaO4P. The molecular weight excluding hydrogens is 204 g/mol. The zero-order valence-corrected chi connectivity index (χ0v) is 11.0. The Morgan fingerprint density at radius 2 is 2.08 bits per heavy atom. The molecule has 72 valence electrons. The SMILES string of the molecule is CC(N)(CCP(C)(=O)[O-])C(=O)O.[Na+]. The van der Waals surface area contributed by atoms with E-state index in [4.69, 9.17) is 10.8 Å². The van der Waals surface area contributed by atoms with Crippen molar-refractivity contribution in [3.63, 3.8) is 0 Å². The molecule has 0 fully saturated rings. The third kappa shape index (κ3) is 7.67. The van der Waals surface area contributed by atoms with Crippen molar-refractivity contribution in [2.45, 2.75) is 18.9 Å². The monoisotopic (exact) mass is 217 g/mol. The van der Waals surface area contributed by atoms with Gasteiger partial charge in [0.25, 0.3) is 0 Å². The van der Waals surface area contributed by atoms with Crippen molar-refractivity contribution in [2.24, 2.45) is 5.73 Å². The first-order valence-corrected chi connectivity index (χ1v) is 5.71. The Labute approximate surface area is 99.4 Å². The number of nitrogens with two attached hydrogens (primary N) is 1. The van der Waals surface area contributed by atoms with Crippen molar-refractivity contribution in [1.29, 1.82) is 0 Å². The van der Waals surface area contributed by atoms with Crippen LogP contribution in [-0.2, 0) is 9.36 Å². The summed E-state index contributed by atoms with van der Waals surface area (Å²) in [6, 6.07) is 0. The van der Waals surface area contributed by atoms with E-state index in [1.807, 2.05) is 0 Å². The number of rotatable bonds is 4. The van der Waals surface area contributed by atoms with Crippen LogP contribution in [0.25, 0.3) is 0 Å². The molecule has 0 aromatic rings. The van der Waals surface area contributed by atoms with Gasteiger partial charge >= 0.3 is 35.5 Å². The van der Waals surface area contributed by atoms with Gasteiger partial charge < -0.3 is 20.3 Å². The van der Waals surface area contributed by atoms with E-state index in [-0.39, 0.29) is 42.1 Å². The molecule has 0 bridgehead atoms. The molecule has 3 N–H and O–H groups in total. The van der Waals surface area contributed by atoms with Gasteiger partial charge in [-0.25, -0.2) is 0 Å². The predicted octanol–water partition coefficient (Wildman–Crippen LogP) is -3.55. The first-order chi connectivity index (χ1) is 5.15. The van der Waals surface area contributed by atoms with Gasteiger partial charge in [0, 0.05) is 7.37 Å². The van der Waals surface area contributed by atoms with Crippen molar-refractivity contribution >= 4 is 13.3 Å². The fraction of sp³-hybridized carbons (Fsp3) is 0.833. The van der Waals surface area contributed by atoms with E-state index in [1.54, 1.807) is 0 Å². The molecule has 0 amide bonds. The Bertz CT molecular complexity index is 225. The number of carboxylic acids is 1. The molecule has 0 aromatic heterocycles. The number of hydrogen-bond acceptors (Lipinski definition) is 4. The fourth-order valence-corrected chi connectivity index (χ4v) is 1.41. The summed E-state index contributed by atoms with van der Waals surface area (Å²) in [5.74, 6) is -1.18. The van der Waals surface area contributed by atoms with Crippen LogP contribution < -0.4 is 40.2 Å². The minimum atomic E-state index is -3.40. The predicted molar refractivity (Wildman–Crippen MR) is 43.2 cm³/mol. The molecule has 0 spiro atoms. The van der Waals surface area contributed by atoms with Gasteiger partial charge in [-0.1, -0.05) is 0 Å². The van der Waals surface area contributed by atoms with Gasteiger partial charge in [-0.05, 0) is 26.2 Å². The van der Waals surface area contributed by atoms with Gasteiger partial charge in [0.15, 0.2) is 0 Å². The molecule has 2 unspecified atom stereocenters. The third-order valence-corrected chi connectivity index (χ3v) is 2.56. The summed E-state index contributed by atoms with van der Waals surface area (Å²) in [5.41, 5.74) is 3.86. The van der Waals surface area contributed by atoms with Crippen LogP contribution in [0, 0.1) is 0 Å². The van der Waals surface area contributed by atoms with E-state index in [9.17, 15) is 14.3 Å². The van der Waals surface area contributed by atoms with Crippen molar-refractivity contribution in [3.8, 4) is 0 Å². The van der Waals surface area contributed by atoms with E-state index in [2.05, 4.69) is 0 Å². The maximum Gasteiger partial charge on any atom is 1.00 e. The third-order valence-electron chi connectivity index (χ3n) is 1.53. The van der Waals surface area contributed by atoms with Crippen LogP contribution in [0.5, 0.6) is 0 Å². The van der Waals surface area contributed by atoms with E-state index in [0.29, 0.717) is 0 Å². The Hall–Kier alpha value is 0.620. The van der Waals surface area contributed by atoms with E-state index >= 15 is 0 Å². The molecule has 5 nitrogen and oxygen atoms in total. The van der Waals surface area contributed by atoms with Gasteiger partial charge in [-0.15, -0.1) is 0 Å². The molecule has 13 heavy (non-hydrogen) atoms. The maximum atomic E-state index is 10.7.